The molecule has 1 fully saturated rings. The quantitative estimate of drug-likeness (QED) is 0.280. The van der Waals surface area contributed by atoms with Crippen LogP contribution in [0, 0.1) is 6.92 Å². The molecule has 9 heteroatoms. The molecule has 9 nitrogen and oxygen atoms in total. The van der Waals surface area contributed by atoms with Crippen molar-refractivity contribution in [2.24, 2.45) is 0 Å². The van der Waals surface area contributed by atoms with Gasteiger partial charge in [-0.05, 0) is 81.6 Å². The lowest BCUT2D eigenvalue weighted by atomic mass is 10.0. The van der Waals surface area contributed by atoms with Gasteiger partial charge in [-0.3, -0.25) is 9.59 Å². The molecule has 42 heavy (non-hydrogen) atoms. The van der Waals surface area contributed by atoms with Crippen LogP contribution < -0.4 is 5.32 Å². The Morgan fingerprint density at radius 3 is 2.26 bits per heavy atom. The highest BCUT2D eigenvalue weighted by molar-refractivity contribution is 6.06. The number of fused-ring (bicyclic) bond motifs is 1. The molecule has 0 spiro atoms. The molecule has 1 saturated heterocycles. The second-order valence-electron chi connectivity index (χ2n) is 10.5. The van der Waals surface area contributed by atoms with Gasteiger partial charge in [0.2, 0.25) is 0 Å². The van der Waals surface area contributed by atoms with E-state index in [9.17, 15) is 14.4 Å². The summed E-state index contributed by atoms with van der Waals surface area (Å²) in [5, 5.41) is 2.94. The average Bonchev–Trinajstić information content (AvgIpc) is 3.36. The first-order valence-corrected chi connectivity index (χ1v) is 14.5. The van der Waals surface area contributed by atoms with Crippen LogP contribution in [0.1, 0.15) is 64.8 Å². The number of nitrogens with one attached hydrogen (secondary N) is 1. The van der Waals surface area contributed by atoms with Gasteiger partial charge in [0.25, 0.3) is 11.8 Å². The number of ether oxygens (including phenoxy) is 1. The number of benzene rings is 3. The molecule has 4 aromatic rings. The molecule has 218 valence electrons. The molecule has 3 amide bonds. The van der Waals surface area contributed by atoms with Crippen LogP contribution in [0.25, 0.3) is 11.0 Å². The molecule has 1 N–H and O–H groups in total. The fourth-order valence-corrected chi connectivity index (χ4v) is 5.53. The topological polar surface area (TPSA) is 96.8 Å². The van der Waals surface area contributed by atoms with Gasteiger partial charge < -0.3 is 24.4 Å². The van der Waals surface area contributed by atoms with Gasteiger partial charge in [-0.2, -0.15) is 0 Å². The van der Waals surface area contributed by atoms with Crippen molar-refractivity contribution in [3.63, 3.8) is 0 Å². The van der Waals surface area contributed by atoms with Crippen LogP contribution in [0.3, 0.4) is 0 Å². The molecular weight excluding hydrogens is 530 g/mol. The van der Waals surface area contributed by atoms with Gasteiger partial charge in [0.05, 0.1) is 11.0 Å². The van der Waals surface area contributed by atoms with Crippen LogP contribution in [-0.2, 0) is 11.3 Å². The highest BCUT2D eigenvalue weighted by atomic mass is 16.6. The SMILES string of the molecule is CCN(CC)C(=O)c1ccc(NC(=O)c2ccc3nc(C)n(C4CCN(C(=O)OCc5ccccc5)CC4)c3c2)cc1. The number of hydrogen-bond donors (Lipinski definition) is 1. The third-order valence-corrected chi connectivity index (χ3v) is 7.86. The third kappa shape index (κ3) is 6.30. The van der Waals surface area contributed by atoms with Crippen LogP contribution in [-0.4, -0.2) is 63.4 Å². The molecule has 5 rings (SSSR count). The Kier molecular flexibility index (Phi) is 8.85. The minimum atomic E-state index is -0.297. The van der Waals surface area contributed by atoms with E-state index in [0.29, 0.717) is 43.0 Å². The lowest BCUT2D eigenvalue weighted by molar-refractivity contribution is 0.0772. The van der Waals surface area contributed by atoms with E-state index in [1.807, 2.05) is 63.2 Å². The molecule has 0 saturated carbocycles. The maximum atomic E-state index is 13.2. The molecule has 3 aromatic carbocycles. The van der Waals surface area contributed by atoms with Gasteiger partial charge in [0.15, 0.2) is 0 Å². The van der Waals surface area contributed by atoms with Gasteiger partial charge in [0.1, 0.15) is 12.4 Å². The first-order chi connectivity index (χ1) is 20.4. The highest BCUT2D eigenvalue weighted by Crippen LogP contribution is 2.30. The van der Waals surface area contributed by atoms with E-state index in [1.54, 1.807) is 40.1 Å². The predicted octanol–water partition coefficient (Wildman–Crippen LogP) is 6.05. The number of rotatable bonds is 8. The number of amides is 3. The molecule has 0 atom stereocenters. The second kappa shape index (κ2) is 12.9. The molecule has 1 aliphatic rings. The summed E-state index contributed by atoms with van der Waals surface area (Å²) in [4.78, 5) is 46.7. The Morgan fingerprint density at radius 1 is 0.929 bits per heavy atom. The predicted molar refractivity (Wildman–Crippen MR) is 163 cm³/mol. The van der Waals surface area contributed by atoms with Crippen molar-refractivity contribution >= 4 is 34.6 Å². The summed E-state index contributed by atoms with van der Waals surface area (Å²) in [7, 11) is 0. The normalized spacial score (nSPS) is 13.6. The molecule has 0 bridgehead atoms. The minimum Gasteiger partial charge on any atom is -0.445 e. The van der Waals surface area contributed by atoms with E-state index in [4.69, 9.17) is 9.72 Å². The molecule has 0 aliphatic carbocycles. The zero-order valence-corrected chi connectivity index (χ0v) is 24.4. The van der Waals surface area contributed by atoms with Crippen LogP contribution in [0.15, 0.2) is 72.8 Å². The summed E-state index contributed by atoms with van der Waals surface area (Å²) in [5.74, 6) is 0.615. The highest BCUT2D eigenvalue weighted by Gasteiger charge is 2.27. The van der Waals surface area contributed by atoms with Crippen molar-refractivity contribution in [3.05, 3.63) is 95.3 Å². The Morgan fingerprint density at radius 2 is 1.60 bits per heavy atom. The molecule has 0 unspecified atom stereocenters. The Labute approximate surface area is 246 Å². The summed E-state index contributed by atoms with van der Waals surface area (Å²) in [5.41, 5.74) is 4.41. The summed E-state index contributed by atoms with van der Waals surface area (Å²) in [6.07, 6.45) is 1.23. The summed E-state index contributed by atoms with van der Waals surface area (Å²) < 4.78 is 7.71. The third-order valence-electron chi connectivity index (χ3n) is 7.86. The fraction of sp³-hybridized carbons (Fsp3) is 0.333. The molecule has 2 heterocycles. The van der Waals surface area contributed by atoms with E-state index < -0.39 is 0 Å². The number of likely N-dealkylation sites (tertiary alicyclic amines) is 1. The van der Waals surface area contributed by atoms with Crippen LogP contribution in [0.2, 0.25) is 0 Å². The van der Waals surface area contributed by atoms with Crippen molar-refractivity contribution < 1.29 is 19.1 Å². The summed E-state index contributed by atoms with van der Waals surface area (Å²) in [6, 6.07) is 22.3. The number of aromatic nitrogens is 2. The van der Waals surface area contributed by atoms with Crippen LogP contribution in [0.4, 0.5) is 10.5 Å². The Balaban J connectivity index is 1.24. The van der Waals surface area contributed by atoms with Gasteiger partial charge >= 0.3 is 6.09 Å². The van der Waals surface area contributed by atoms with Gasteiger partial charge in [0, 0.05) is 49.0 Å². The number of nitrogens with zero attached hydrogens (tertiary/aromatic N) is 4. The molecule has 0 radical (unpaired) electrons. The zero-order valence-electron chi connectivity index (χ0n) is 24.4. The van der Waals surface area contributed by atoms with Crippen molar-refractivity contribution in [1.29, 1.82) is 0 Å². The number of aryl methyl sites for hydroxylation is 1. The van der Waals surface area contributed by atoms with Gasteiger partial charge in [-0.25, -0.2) is 9.78 Å². The Hall–Kier alpha value is -4.66. The maximum absolute atomic E-state index is 13.2. The number of carbonyl (C=O) groups excluding carboxylic acids is 3. The number of carbonyl (C=O) groups is 3. The van der Waals surface area contributed by atoms with Crippen molar-refractivity contribution in [1.82, 2.24) is 19.4 Å². The summed E-state index contributed by atoms with van der Waals surface area (Å²) in [6.45, 7) is 8.60. The lowest BCUT2D eigenvalue weighted by Gasteiger charge is -2.32. The average molecular weight is 568 g/mol. The van der Waals surface area contributed by atoms with E-state index in [-0.39, 0.29) is 30.6 Å². The van der Waals surface area contributed by atoms with Crippen molar-refractivity contribution in [3.8, 4) is 0 Å². The van der Waals surface area contributed by atoms with Gasteiger partial charge in [-0.15, -0.1) is 0 Å². The van der Waals surface area contributed by atoms with E-state index in [0.717, 1.165) is 35.3 Å². The van der Waals surface area contributed by atoms with Crippen LogP contribution >= 0.6 is 0 Å². The maximum Gasteiger partial charge on any atom is 0.410 e. The first kappa shape index (κ1) is 28.9. The second-order valence-corrected chi connectivity index (χ2v) is 10.5. The van der Waals surface area contributed by atoms with E-state index in [2.05, 4.69) is 9.88 Å². The molecule has 1 aliphatic heterocycles. The number of anilines is 1. The van der Waals surface area contributed by atoms with Gasteiger partial charge in [-0.1, -0.05) is 30.3 Å². The lowest BCUT2D eigenvalue weighted by Crippen LogP contribution is -2.39. The van der Waals surface area contributed by atoms with E-state index >= 15 is 0 Å². The van der Waals surface area contributed by atoms with E-state index in [1.165, 1.54) is 0 Å². The first-order valence-electron chi connectivity index (χ1n) is 14.5. The van der Waals surface area contributed by atoms with Crippen LogP contribution in [0.5, 0.6) is 0 Å². The fourth-order valence-electron chi connectivity index (χ4n) is 5.53. The largest absolute Gasteiger partial charge is 0.445 e. The standard InChI is InChI=1S/C33H37N5O4/c1-4-36(5-2)32(40)25-11-14-27(15-12-25)35-31(39)26-13-16-29-30(21-26)38(23(3)34-29)28-17-19-37(20-18-28)33(41)42-22-24-9-7-6-8-10-24/h6-16,21,28H,4-5,17-20,22H2,1-3H3,(H,35,39). The summed E-state index contributed by atoms with van der Waals surface area (Å²) >= 11 is 0. The molecular formula is C33H37N5O4. The van der Waals surface area contributed by atoms with Crippen molar-refractivity contribution in [2.75, 3.05) is 31.5 Å². The number of hydrogen-bond acceptors (Lipinski definition) is 5. The Bertz CT molecular complexity index is 1550. The number of imidazole rings is 1. The monoisotopic (exact) mass is 567 g/mol. The van der Waals surface area contributed by atoms with Crippen molar-refractivity contribution in [2.45, 2.75) is 46.3 Å². The number of piperidine rings is 1. The molecule has 1 aromatic heterocycles. The smallest absolute Gasteiger partial charge is 0.410 e. The minimum absolute atomic E-state index is 0.0260. The zero-order chi connectivity index (χ0) is 29.6.